The van der Waals surface area contributed by atoms with Gasteiger partial charge in [-0.15, -0.1) is 11.3 Å². The van der Waals surface area contributed by atoms with E-state index < -0.39 is 9.84 Å². The van der Waals surface area contributed by atoms with E-state index in [1.807, 2.05) is 23.6 Å². The molecule has 2 aliphatic rings. The summed E-state index contributed by atoms with van der Waals surface area (Å²) < 4.78 is 29.9. The highest BCUT2D eigenvalue weighted by Gasteiger charge is 2.49. The van der Waals surface area contributed by atoms with E-state index in [1.165, 1.54) is 4.88 Å². The number of sulfone groups is 1. The maximum absolute atomic E-state index is 12.9. The summed E-state index contributed by atoms with van der Waals surface area (Å²) in [6.07, 6.45) is 0.830. The van der Waals surface area contributed by atoms with Gasteiger partial charge in [0.25, 0.3) is 0 Å². The quantitative estimate of drug-likeness (QED) is 0.758. The first kappa shape index (κ1) is 18.5. The summed E-state index contributed by atoms with van der Waals surface area (Å²) in [5.74, 6) is 0.786. The number of carbonyl (C=O) groups excluding carboxylic acids is 1. The summed E-state index contributed by atoms with van der Waals surface area (Å²) in [6, 6.07) is 10.8. The van der Waals surface area contributed by atoms with Gasteiger partial charge in [0.05, 0.1) is 31.2 Å². The van der Waals surface area contributed by atoms with E-state index in [0.29, 0.717) is 12.3 Å². The Balaban J connectivity index is 1.59. The molecule has 1 amide bonds. The van der Waals surface area contributed by atoms with Crippen molar-refractivity contribution < 1.29 is 17.9 Å². The summed E-state index contributed by atoms with van der Waals surface area (Å²) in [5, 5.41) is 2.03. The van der Waals surface area contributed by atoms with Crippen molar-refractivity contribution in [2.75, 3.05) is 36.6 Å². The fourth-order valence-electron chi connectivity index (χ4n) is 3.99. The predicted octanol–water partition coefficient (Wildman–Crippen LogP) is 1.81. The summed E-state index contributed by atoms with van der Waals surface area (Å²) in [5.41, 5.74) is 0.728. The number of fused-ring (bicyclic) bond motifs is 1. The summed E-state index contributed by atoms with van der Waals surface area (Å²) in [6.45, 7) is 0.938. The lowest BCUT2D eigenvalue weighted by Gasteiger charge is -2.43. The Bertz CT molecular complexity index is 910. The smallest absolute Gasteiger partial charge is 0.241 e. The Hall–Kier alpha value is -1.90. The van der Waals surface area contributed by atoms with Crippen LogP contribution < -0.4 is 9.64 Å². The lowest BCUT2D eigenvalue weighted by Crippen LogP contribution is -2.62. The molecule has 1 aromatic carbocycles. The molecule has 2 aromatic rings. The molecule has 0 saturated carbocycles. The fourth-order valence-corrected chi connectivity index (χ4v) is 6.67. The van der Waals surface area contributed by atoms with E-state index in [9.17, 15) is 13.2 Å². The summed E-state index contributed by atoms with van der Waals surface area (Å²) >= 11 is 1.69. The number of nitrogens with zero attached hydrogens (tertiary/aromatic N) is 2. The van der Waals surface area contributed by atoms with Gasteiger partial charge in [0, 0.05) is 23.2 Å². The van der Waals surface area contributed by atoms with E-state index in [4.69, 9.17) is 4.74 Å². The normalized spacial score (nSPS) is 24.8. The topological polar surface area (TPSA) is 66.9 Å². The first-order valence-corrected chi connectivity index (χ1v) is 11.6. The van der Waals surface area contributed by atoms with Crippen molar-refractivity contribution in [2.45, 2.75) is 18.5 Å². The third-order valence-electron chi connectivity index (χ3n) is 5.28. The minimum atomic E-state index is -3.17. The van der Waals surface area contributed by atoms with Gasteiger partial charge in [0.15, 0.2) is 9.84 Å². The second-order valence-electron chi connectivity index (χ2n) is 6.97. The number of hydrogen-bond acceptors (Lipinski definition) is 6. The summed E-state index contributed by atoms with van der Waals surface area (Å²) in [4.78, 5) is 17.9. The van der Waals surface area contributed by atoms with Crippen LogP contribution in [0.2, 0.25) is 0 Å². The second-order valence-corrected chi connectivity index (χ2v) is 10.2. The van der Waals surface area contributed by atoms with Gasteiger partial charge in [0.2, 0.25) is 5.91 Å². The fraction of sp³-hybridized carbons (Fsp3) is 0.421. The third-order valence-corrected chi connectivity index (χ3v) is 7.91. The Morgan fingerprint density at radius 2 is 1.89 bits per heavy atom. The number of rotatable bonds is 5. The van der Waals surface area contributed by atoms with E-state index in [2.05, 4.69) is 11.0 Å². The van der Waals surface area contributed by atoms with Gasteiger partial charge in [-0.05, 0) is 42.1 Å². The maximum Gasteiger partial charge on any atom is 0.241 e. The molecule has 6 nitrogen and oxygen atoms in total. The molecule has 1 aromatic heterocycles. The highest BCUT2D eigenvalue weighted by molar-refractivity contribution is 7.91. The number of benzene rings is 1. The van der Waals surface area contributed by atoms with E-state index in [1.54, 1.807) is 35.5 Å². The average Bonchev–Trinajstić information content (AvgIpc) is 3.26. The van der Waals surface area contributed by atoms with Gasteiger partial charge in [-0.25, -0.2) is 8.42 Å². The Morgan fingerprint density at radius 1 is 1.15 bits per heavy atom. The van der Waals surface area contributed by atoms with E-state index in [0.717, 1.165) is 12.1 Å². The standard InChI is InChI=1S/C19H22N2O4S2/c1-25-15-6-4-14(5-7-15)21-18-13-27(23,24)12-17(18)20(11-19(21)22)9-8-16-3-2-10-26-16/h2-7,10,17-18H,8-9,11-13H2,1H3/t17-,18+/m0/s1. The second kappa shape index (κ2) is 7.26. The van der Waals surface area contributed by atoms with Crippen molar-refractivity contribution in [3.8, 4) is 5.75 Å². The van der Waals surface area contributed by atoms with Crippen LogP contribution in [-0.2, 0) is 21.1 Å². The number of methoxy groups -OCH3 is 1. The van der Waals surface area contributed by atoms with Crippen LogP contribution in [0.3, 0.4) is 0 Å². The number of ether oxygens (including phenoxy) is 1. The van der Waals surface area contributed by atoms with Gasteiger partial charge < -0.3 is 9.64 Å². The van der Waals surface area contributed by atoms with Crippen molar-refractivity contribution in [1.82, 2.24) is 4.90 Å². The number of thiophene rings is 1. The number of amides is 1. The number of hydrogen-bond donors (Lipinski definition) is 0. The molecule has 0 spiro atoms. The van der Waals surface area contributed by atoms with E-state index in [-0.39, 0.29) is 36.0 Å². The van der Waals surface area contributed by atoms with Gasteiger partial charge in [0.1, 0.15) is 5.75 Å². The van der Waals surface area contributed by atoms with Crippen LogP contribution >= 0.6 is 11.3 Å². The SMILES string of the molecule is COc1ccc(N2C(=O)CN(CCc3cccs3)[C@H]3CS(=O)(=O)C[C@H]32)cc1. The Morgan fingerprint density at radius 3 is 2.56 bits per heavy atom. The highest BCUT2D eigenvalue weighted by Crippen LogP contribution is 2.32. The molecule has 144 valence electrons. The van der Waals surface area contributed by atoms with Crippen molar-refractivity contribution in [1.29, 1.82) is 0 Å². The zero-order chi connectivity index (χ0) is 19.0. The predicted molar refractivity (Wildman–Crippen MR) is 106 cm³/mol. The van der Waals surface area contributed by atoms with Crippen LogP contribution in [0.1, 0.15) is 4.88 Å². The van der Waals surface area contributed by atoms with Crippen molar-refractivity contribution in [3.05, 3.63) is 46.7 Å². The zero-order valence-electron chi connectivity index (χ0n) is 15.1. The number of piperazine rings is 1. The zero-order valence-corrected chi connectivity index (χ0v) is 16.7. The average molecular weight is 407 g/mol. The largest absolute Gasteiger partial charge is 0.497 e. The molecule has 2 atom stereocenters. The molecule has 0 aliphatic carbocycles. The minimum absolute atomic E-state index is 0.0188. The molecule has 2 fully saturated rings. The first-order valence-electron chi connectivity index (χ1n) is 8.90. The maximum atomic E-state index is 12.9. The summed E-state index contributed by atoms with van der Waals surface area (Å²) in [7, 11) is -1.58. The molecule has 2 aliphatic heterocycles. The Labute approximate surface area is 163 Å². The third kappa shape index (κ3) is 3.74. The molecule has 2 saturated heterocycles. The minimum Gasteiger partial charge on any atom is -0.497 e. The molecule has 3 heterocycles. The van der Waals surface area contributed by atoms with E-state index >= 15 is 0 Å². The van der Waals surface area contributed by atoms with Crippen LogP contribution in [0.5, 0.6) is 5.75 Å². The molecule has 0 N–H and O–H groups in total. The monoisotopic (exact) mass is 406 g/mol. The lowest BCUT2D eigenvalue weighted by atomic mass is 10.0. The van der Waals surface area contributed by atoms with Gasteiger partial charge in [-0.2, -0.15) is 0 Å². The van der Waals surface area contributed by atoms with Gasteiger partial charge >= 0.3 is 0 Å². The molecule has 27 heavy (non-hydrogen) atoms. The van der Waals surface area contributed by atoms with Crippen molar-refractivity contribution in [3.63, 3.8) is 0 Å². The molecule has 0 bridgehead atoms. The molecule has 4 rings (SSSR count). The highest BCUT2D eigenvalue weighted by atomic mass is 32.2. The molecular formula is C19H22N2O4S2. The van der Waals surface area contributed by atoms with Gasteiger partial charge in [-0.1, -0.05) is 6.07 Å². The molecule has 0 unspecified atom stereocenters. The Kier molecular flexibility index (Phi) is 4.96. The molecule has 8 heteroatoms. The van der Waals surface area contributed by atoms with Crippen LogP contribution in [0.4, 0.5) is 5.69 Å². The van der Waals surface area contributed by atoms with Crippen LogP contribution in [0.25, 0.3) is 0 Å². The van der Waals surface area contributed by atoms with Crippen molar-refractivity contribution in [2.24, 2.45) is 0 Å². The van der Waals surface area contributed by atoms with Gasteiger partial charge in [-0.3, -0.25) is 9.69 Å². The first-order chi connectivity index (χ1) is 13.0. The number of carbonyl (C=O) groups is 1. The lowest BCUT2D eigenvalue weighted by molar-refractivity contribution is -0.123. The van der Waals surface area contributed by atoms with Crippen LogP contribution in [0.15, 0.2) is 41.8 Å². The van der Waals surface area contributed by atoms with Crippen LogP contribution in [-0.4, -0.2) is 63.0 Å². The molecule has 0 radical (unpaired) electrons. The van der Waals surface area contributed by atoms with Crippen molar-refractivity contribution >= 4 is 32.8 Å². The molecular weight excluding hydrogens is 384 g/mol. The number of anilines is 1. The van der Waals surface area contributed by atoms with Crippen LogP contribution in [0, 0.1) is 0 Å².